The molecule has 4 heteroatoms. The number of aliphatic carboxylic acids is 1. The number of esters is 1. The zero-order chi connectivity index (χ0) is 33.5. The molecule has 0 heterocycles. The Morgan fingerprint density at radius 3 is 2.11 bits per heavy atom. The Kier molecular flexibility index (Phi) is 10.6. The highest BCUT2D eigenvalue weighted by atomic mass is 16.5. The number of carbonyl (C=O) groups is 2. The molecule has 0 aliphatic heterocycles. The monoisotopic (exact) mass is 639 g/mol. The summed E-state index contributed by atoms with van der Waals surface area (Å²) in [4.78, 5) is 26.1. The molecule has 4 saturated carbocycles. The van der Waals surface area contributed by atoms with Gasteiger partial charge in [-0.15, -0.1) is 0 Å². The molecule has 5 aliphatic carbocycles. The summed E-state index contributed by atoms with van der Waals surface area (Å²) < 4.78 is 6.35. The van der Waals surface area contributed by atoms with Crippen molar-refractivity contribution in [3.05, 3.63) is 11.6 Å². The third kappa shape index (κ3) is 5.84. The molecule has 0 aromatic carbocycles. The van der Waals surface area contributed by atoms with Crippen molar-refractivity contribution in [1.29, 1.82) is 0 Å². The summed E-state index contributed by atoms with van der Waals surface area (Å²) in [6.07, 6.45) is 23.7. The molecule has 0 bridgehead atoms. The number of ether oxygens (including phenoxy) is 1. The van der Waals surface area contributed by atoms with Crippen molar-refractivity contribution in [2.75, 3.05) is 0 Å². The van der Waals surface area contributed by atoms with Gasteiger partial charge < -0.3 is 9.84 Å². The van der Waals surface area contributed by atoms with Gasteiger partial charge in [-0.1, -0.05) is 118 Å². The zero-order valence-corrected chi connectivity index (χ0v) is 31.1. The van der Waals surface area contributed by atoms with Gasteiger partial charge in [-0.05, 0) is 110 Å². The predicted molar refractivity (Wildman–Crippen MR) is 188 cm³/mol. The van der Waals surface area contributed by atoms with E-state index in [0.717, 1.165) is 57.8 Å². The summed E-state index contributed by atoms with van der Waals surface area (Å²) in [5, 5.41) is 10.7. The van der Waals surface area contributed by atoms with Crippen molar-refractivity contribution in [3.63, 3.8) is 0 Å². The van der Waals surface area contributed by atoms with E-state index in [9.17, 15) is 14.7 Å². The summed E-state index contributed by atoms with van der Waals surface area (Å²) in [6, 6.07) is 0. The number of carboxylic acid groups (broad SMARTS) is 1. The number of carbonyl (C=O) groups excluding carboxylic acids is 1. The van der Waals surface area contributed by atoms with Crippen LogP contribution in [0.25, 0.3) is 0 Å². The molecular formula is C42H70O4. The fraction of sp³-hybridized carbons (Fsp3) is 0.905. The molecule has 0 spiro atoms. The Morgan fingerprint density at radius 2 is 1.46 bits per heavy atom. The second-order valence-corrected chi connectivity index (χ2v) is 18.5. The number of rotatable bonds is 12. The van der Waals surface area contributed by atoms with E-state index in [-0.39, 0.29) is 39.7 Å². The molecule has 4 nitrogen and oxygen atoms in total. The van der Waals surface area contributed by atoms with E-state index in [1.54, 1.807) is 0 Å². The average molecular weight is 639 g/mol. The maximum Gasteiger partial charge on any atom is 0.310 e. The fourth-order valence-electron chi connectivity index (χ4n) is 12.8. The van der Waals surface area contributed by atoms with Crippen LogP contribution in [0.3, 0.4) is 0 Å². The molecule has 4 fully saturated rings. The normalized spacial score (nSPS) is 42.9. The van der Waals surface area contributed by atoms with Crippen LogP contribution in [0.4, 0.5) is 0 Å². The van der Waals surface area contributed by atoms with Gasteiger partial charge in [0.2, 0.25) is 0 Å². The minimum Gasteiger partial charge on any atom is -0.481 e. The van der Waals surface area contributed by atoms with Crippen molar-refractivity contribution >= 4 is 11.9 Å². The first-order chi connectivity index (χ1) is 21.7. The van der Waals surface area contributed by atoms with Crippen molar-refractivity contribution < 1.29 is 19.4 Å². The lowest BCUT2D eigenvalue weighted by molar-refractivity contribution is -0.214. The average Bonchev–Trinajstić information content (AvgIpc) is 2.99. The van der Waals surface area contributed by atoms with Gasteiger partial charge in [0.05, 0.1) is 5.41 Å². The fourth-order valence-corrected chi connectivity index (χ4v) is 12.8. The molecule has 46 heavy (non-hydrogen) atoms. The SMILES string of the molecule is CCCCCCCCCCCC(=O)O[C@H]1CC[C@]2(C)[C@H]3CC=C4[C@@H]5[C@@H](C)[C@H](C)CC[C@]5(C(=O)O)CC[C@@]4(C)[C@]3(C)CC[C@H]2C1(C)C. The molecule has 0 saturated heterocycles. The summed E-state index contributed by atoms with van der Waals surface area (Å²) in [5.74, 6) is 1.69. The van der Waals surface area contributed by atoms with Crippen molar-refractivity contribution in [1.82, 2.24) is 0 Å². The van der Waals surface area contributed by atoms with E-state index >= 15 is 0 Å². The van der Waals surface area contributed by atoms with Crippen LogP contribution in [0.15, 0.2) is 11.6 Å². The minimum absolute atomic E-state index is 0.00159. The molecule has 5 aliphatic rings. The van der Waals surface area contributed by atoms with Crippen molar-refractivity contribution in [3.8, 4) is 0 Å². The largest absolute Gasteiger partial charge is 0.481 e. The van der Waals surface area contributed by atoms with Crippen molar-refractivity contribution in [2.45, 2.75) is 183 Å². The van der Waals surface area contributed by atoms with Crippen LogP contribution in [0, 0.1) is 56.7 Å². The second kappa shape index (κ2) is 13.5. The molecule has 0 unspecified atom stereocenters. The van der Waals surface area contributed by atoms with Crippen LogP contribution in [0.2, 0.25) is 0 Å². The summed E-state index contributed by atoms with van der Waals surface area (Å²) in [5.41, 5.74) is 1.27. The van der Waals surface area contributed by atoms with Crippen molar-refractivity contribution in [2.24, 2.45) is 56.7 Å². The topological polar surface area (TPSA) is 63.6 Å². The highest BCUT2D eigenvalue weighted by Gasteiger charge is 2.69. The number of carboxylic acids is 1. The second-order valence-electron chi connectivity index (χ2n) is 18.5. The van der Waals surface area contributed by atoms with Gasteiger partial charge in [0.15, 0.2) is 0 Å². The van der Waals surface area contributed by atoms with Gasteiger partial charge in [-0.3, -0.25) is 9.59 Å². The van der Waals surface area contributed by atoms with Gasteiger partial charge in [-0.25, -0.2) is 0 Å². The maximum atomic E-state index is 13.1. The Labute approximate surface area is 282 Å². The third-order valence-electron chi connectivity index (χ3n) is 16.1. The standard InChI is InChI=1S/C42H70O4/c1-9-10-11-12-13-14-15-16-17-18-35(43)46-34-23-24-39(6)32(38(34,4)5)22-25-41(8)33(39)20-19-31-36-30(3)29(2)21-26-42(36,37(44)45)28-27-40(31,41)7/h19,29-30,32-34,36H,9-18,20-28H2,1-8H3,(H,44,45)/t29-,30+,32+,33-,34+,36+,39+,40-,41-,42+/m1/s1. The first-order valence-corrected chi connectivity index (χ1v) is 19.8. The van der Waals surface area contributed by atoms with Gasteiger partial charge in [0.1, 0.15) is 6.10 Å². The first-order valence-electron chi connectivity index (χ1n) is 19.8. The Balaban J connectivity index is 1.26. The van der Waals surface area contributed by atoms with E-state index in [2.05, 4.69) is 61.5 Å². The zero-order valence-electron chi connectivity index (χ0n) is 31.1. The quantitative estimate of drug-likeness (QED) is 0.131. The first kappa shape index (κ1) is 36.0. The van der Waals surface area contributed by atoms with E-state index in [1.165, 1.54) is 63.4 Å². The van der Waals surface area contributed by atoms with Crippen LogP contribution < -0.4 is 0 Å². The number of fused-ring (bicyclic) bond motifs is 7. The molecule has 0 aromatic rings. The van der Waals surface area contributed by atoms with E-state index in [4.69, 9.17) is 4.74 Å². The third-order valence-corrected chi connectivity index (χ3v) is 16.1. The molecule has 10 atom stereocenters. The number of allylic oxidation sites excluding steroid dienone is 2. The van der Waals surface area contributed by atoms with Crippen LogP contribution in [-0.2, 0) is 14.3 Å². The van der Waals surface area contributed by atoms with E-state index < -0.39 is 11.4 Å². The smallest absolute Gasteiger partial charge is 0.310 e. The van der Waals surface area contributed by atoms with Crippen LogP contribution in [0.1, 0.15) is 177 Å². The van der Waals surface area contributed by atoms with E-state index in [0.29, 0.717) is 30.1 Å². The van der Waals surface area contributed by atoms with E-state index in [1.807, 2.05) is 0 Å². The number of hydrogen-bond donors (Lipinski definition) is 1. The molecule has 0 aromatic heterocycles. The number of unbranched alkanes of at least 4 members (excludes halogenated alkanes) is 8. The molecule has 0 radical (unpaired) electrons. The van der Waals surface area contributed by atoms with Gasteiger partial charge in [0, 0.05) is 11.8 Å². The minimum atomic E-state index is -0.584. The lowest BCUT2D eigenvalue weighted by Gasteiger charge is -2.71. The predicted octanol–water partition coefficient (Wildman–Crippen LogP) is 11.6. The molecule has 1 N–H and O–H groups in total. The van der Waals surface area contributed by atoms with Gasteiger partial charge >= 0.3 is 11.9 Å². The van der Waals surface area contributed by atoms with Gasteiger partial charge in [0.25, 0.3) is 0 Å². The van der Waals surface area contributed by atoms with Crippen LogP contribution in [0.5, 0.6) is 0 Å². The lowest BCUT2D eigenvalue weighted by Crippen LogP contribution is -2.65. The Hall–Kier alpha value is -1.32. The maximum absolute atomic E-state index is 13.1. The Morgan fingerprint density at radius 1 is 0.804 bits per heavy atom. The molecule has 5 rings (SSSR count). The summed E-state index contributed by atoms with van der Waals surface area (Å²) in [7, 11) is 0. The highest BCUT2D eigenvalue weighted by Crippen LogP contribution is 2.75. The molecule has 0 amide bonds. The lowest BCUT2D eigenvalue weighted by atomic mass is 9.33. The number of hydrogen-bond acceptors (Lipinski definition) is 3. The molecular weight excluding hydrogens is 568 g/mol. The summed E-state index contributed by atoms with van der Waals surface area (Å²) >= 11 is 0. The van der Waals surface area contributed by atoms with Crippen LogP contribution in [-0.4, -0.2) is 23.1 Å². The highest BCUT2D eigenvalue weighted by molar-refractivity contribution is 5.76. The molecule has 262 valence electrons. The van der Waals surface area contributed by atoms with Gasteiger partial charge in [-0.2, -0.15) is 0 Å². The summed E-state index contributed by atoms with van der Waals surface area (Å²) in [6.45, 7) is 19.5. The van der Waals surface area contributed by atoms with Crippen LogP contribution >= 0.6 is 0 Å². The Bertz CT molecular complexity index is 1140.